The Kier molecular flexibility index (Phi) is 3.20. The summed E-state index contributed by atoms with van der Waals surface area (Å²) in [5.41, 5.74) is 0. The monoisotopic (exact) mass is 175 g/mol. The molecule has 1 N–H and O–H groups in total. The van der Waals surface area contributed by atoms with Gasteiger partial charge in [-0.15, -0.1) is 0 Å². The van der Waals surface area contributed by atoms with Crippen LogP contribution < -0.4 is 0 Å². The van der Waals surface area contributed by atoms with Gasteiger partial charge in [-0.3, -0.25) is 4.79 Å². The van der Waals surface area contributed by atoms with Gasteiger partial charge in [0.1, 0.15) is 6.04 Å². The van der Waals surface area contributed by atoms with Gasteiger partial charge in [0.25, 0.3) is 0 Å². The zero-order valence-electron chi connectivity index (χ0n) is 6.62. The van der Waals surface area contributed by atoms with E-state index in [1.807, 2.05) is 11.2 Å². The van der Waals surface area contributed by atoms with E-state index >= 15 is 0 Å². The van der Waals surface area contributed by atoms with Gasteiger partial charge in [-0.05, 0) is 12.8 Å². The molecule has 1 unspecified atom stereocenters. The van der Waals surface area contributed by atoms with Crippen LogP contribution in [0.3, 0.4) is 0 Å². The fourth-order valence-electron chi connectivity index (χ4n) is 1.25. The van der Waals surface area contributed by atoms with Crippen molar-refractivity contribution in [1.82, 2.24) is 4.31 Å². The van der Waals surface area contributed by atoms with Gasteiger partial charge in [0.15, 0.2) is 0 Å². The number of aliphatic carboxylic acids is 1. The van der Waals surface area contributed by atoms with Crippen LogP contribution in [0.5, 0.6) is 0 Å². The lowest BCUT2D eigenvalue weighted by Crippen LogP contribution is -2.39. The average Bonchev–Trinajstić information content (AvgIpc) is 2.04. The first-order valence-electron chi connectivity index (χ1n) is 3.88. The molecule has 0 amide bonds. The summed E-state index contributed by atoms with van der Waals surface area (Å²) in [6, 6.07) is -0.251. The van der Waals surface area contributed by atoms with E-state index in [2.05, 4.69) is 0 Å². The molecule has 1 aliphatic rings. The summed E-state index contributed by atoms with van der Waals surface area (Å²) < 4.78 is 1.95. The van der Waals surface area contributed by atoms with Crippen molar-refractivity contribution in [1.29, 1.82) is 0 Å². The van der Waals surface area contributed by atoms with Crippen molar-refractivity contribution in [2.75, 3.05) is 12.3 Å². The second-order valence-electron chi connectivity index (χ2n) is 2.56. The maximum atomic E-state index is 10.7. The molecule has 1 fully saturated rings. The Labute approximate surface area is 70.9 Å². The van der Waals surface area contributed by atoms with Crippen LogP contribution in [0.2, 0.25) is 0 Å². The smallest absolute Gasteiger partial charge is 0.321 e. The van der Waals surface area contributed by atoms with Gasteiger partial charge in [-0.25, -0.2) is 4.31 Å². The number of carboxylic acids is 1. The predicted octanol–water partition coefficient (Wildman–Crippen LogP) is 1.20. The van der Waals surface area contributed by atoms with Gasteiger partial charge in [-0.1, -0.05) is 18.9 Å². The Morgan fingerprint density at radius 1 is 1.82 bits per heavy atom. The Morgan fingerprint density at radius 2 is 2.55 bits per heavy atom. The van der Waals surface area contributed by atoms with Crippen molar-refractivity contribution in [3.8, 4) is 0 Å². The molecule has 1 rings (SSSR count). The van der Waals surface area contributed by atoms with E-state index in [1.54, 1.807) is 11.9 Å². The maximum absolute atomic E-state index is 10.7. The highest BCUT2D eigenvalue weighted by molar-refractivity contribution is 7.97. The van der Waals surface area contributed by atoms with Gasteiger partial charge < -0.3 is 5.11 Å². The van der Waals surface area contributed by atoms with Crippen molar-refractivity contribution in [3.05, 3.63) is 0 Å². The van der Waals surface area contributed by atoms with Gasteiger partial charge in [0.05, 0.1) is 0 Å². The lowest BCUT2D eigenvalue weighted by Gasteiger charge is -2.30. The van der Waals surface area contributed by atoms with E-state index in [4.69, 9.17) is 5.11 Å². The lowest BCUT2D eigenvalue weighted by atomic mass is 10.1. The number of hydrogen-bond donors (Lipinski definition) is 1. The summed E-state index contributed by atoms with van der Waals surface area (Å²) in [6.07, 6.45) is 1.83. The molecule has 4 heteroatoms. The van der Waals surface area contributed by atoms with Gasteiger partial charge in [0, 0.05) is 12.3 Å². The van der Waals surface area contributed by atoms with Crippen LogP contribution in [-0.2, 0) is 4.79 Å². The van der Waals surface area contributed by atoms with Gasteiger partial charge >= 0.3 is 5.97 Å². The molecule has 0 bridgehead atoms. The highest BCUT2D eigenvalue weighted by Crippen LogP contribution is 2.24. The molecule has 3 nitrogen and oxygen atoms in total. The van der Waals surface area contributed by atoms with Crippen LogP contribution >= 0.6 is 11.9 Å². The summed E-state index contributed by atoms with van der Waals surface area (Å²) >= 11 is 1.65. The highest BCUT2D eigenvalue weighted by atomic mass is 32.2. The molecule has 1 saturated heterocycles. The number of carboxylic acid groups (broad SMARTS) is 1. The van der Waals surface area contributed by atoms with Crippen LogP contribution in [0.4, 0.5) is 0 Å². The summed E-state index contributed by atoms with van der Waals surface area (Å²) in [7, 11) is 0. The number of likely N-dealkylation sites (N-methyl/N-ethyl adjacent to an activating group) is 1. The number of rotatable bonds is 2. The van der Waals surface area contributed by atoms with E-state index in [1.165, 1.54) is 0 Å². The first-order chi connectivity index (χ1) is 5.25. The Balaban J connectivity index is 2.51. The zero-order valence-corrected chi connectivity index (χ0v) is 7.43. The molecule has 0 radical (unpaired) electrons. The first-order valence-corrected chi connectivity index (χ1v) is 4.82. The minimum atomic E-state index is -0.681. The minimum absolute atomic E-state index is 0.251. The molecule has 0 aliphatic carbocycles. The Bertz CT molecular complexity index is 151. The molecule has 0 aromatic heterocycles. The van der Waals surface area contributed by atoms with Crippen molar-refractivity contribution < 1.29 is 9.90 Å². The quantitative estimate of drug-likeness (QED) is 0.640. The molecule has 0 aromatic carbocycles. The van der Waals surface area contributed by atoms with Gasteiger partial charge in [-0.2, -0.15) is 0 Å². The minimum Gasteiger partial charge on any atom is -0.480 e. The third-order valence-corrected chi connectivity index (χ3v) is 3.14. The summed E-state index contributed by atoms with van der Waals surface area (Å²) in [5.74, 6) is 0.386. The molecule has 1 heterocycles. The SMILES string of the molecule is CCN1SCCCC1C(=O)O. The van der Waals surface area contributed by atoms with Crippen molar-refractivity contribution in [2.45, 2.75) is 25.8 Å². The van der Waals surface area contributed by atoms with Crippen molar-refractivity contribution in [2.24, 2.45) is 0 Å². The molecule has 0 spiro atoms. The molecule has 64 valence electrons. The standard InChI is InChI=1S/C7H13NO2S/c1-2-8-6(7(9)10)4-3-5-11-8/h6H,2-5H2,1H3,(H,9,10). The van der Waals surface area contributed by atoms with Crippen LogP contribution in [0, 0.1) is 0 Å². The topological polar surface area (TPSA) is 40.5 Å². The zero-order chi connectivity index (χ0) is 8.27. The fourth-order valence-corrected chi connectivity index (χ4v) is 2.34. The van der Waals surface area contributed by atoms with Crippen LogP contribution in [0.15, 0.2) is 0 Å². The third kappa shape index (κ3) is 2.10. The van der Waals surface area contributed by atoms with E-state index in [0.29, 0.717) is 0 Å². The number of carbonyl (C=O) groups is 1. The molecular formula is C7H13NO2S. The van der Waals surface area contributed by atoms with Crippen molar-refractivity contribution in [3.63, 3.8) is 0 Å². The third-order valence-electron chi connectivity index (χ3n) is 1.82. The van der Waals surface area contributed by atoms with Gasteiger partial charge in [0.2, 0.25) is 0 Å². The normalized spacial score (nSPS) is 26.8. The van der Waals surface area contributed by atoms with Crippen LogP contribution in [0.25, 0.3) is 0 Å². The predicted molar refractivity (Wildman–Crippen MR) is 45.5 cm³/mol. The highest BCUT2D eigenvalue weighted by Gasteiger charge is 2.27. The number of hydrogen-bond acceptors (Lipinski definition) is 3. The largest absolute Gasteiger partial charge is 0.480 e. The van der Waals surface area contributed by atoms with Crippen molar-refractivity contribution >= 4 is 17.9 Å². The van der Waals surface area contributed by atoms with Crippen LogP contribution in [-0.4, -0.2) is 33.7 Å². The second-order valence-corrected chi connectivity index (χ2v) is 3.70. The molecule has 1 aliphatic heterocycles. The summed E-state index contributed by atoms with van der Waals surface area (Å²) in [6.45, 7) is 2.82. The average molecular weight is 175 g/mol. The fraction of sp³-hybridized carbons (Fsp3) is 0.857. The second kappa shape index (κ2) is 3.97. The van der Waals surface area contributed by atoms with E-state index in [0.717, 1.165) is 25.1 Å². The first kappa shape index (κ1) is 8.87. The molecular weight excluding hydrogens is 162 g/mol. The summed E-state index contributed by atoms with van der Waals surface area (Å²) in [4.78, 5) is 10.7. The lowest BCUT2D eigenvalue weighted by molar-refractivity contribution is -0.141. The van der Waals surface area contributed by atoms with E-state index in [-0.39, 0.29) is 6.04 Å². The Morgan fingerprint density at radius 3 is 3.00 bits per heavy atom. The molecule has 1 atom stereocenters. The Hall–Kier alpha value is -0.220. The molecule has 11 heavy (non-hydrogen) atoms. The molecule has 0 saturated carbocycles. The summed E-state index contributed by atoms with van der Waals surface area (Å²) in [5, 5.41) is 8.78. The maximum Gasteiger partial charge on any atom is 0.321 e. The van der Waals surface area contributed by atoms with Crippen LogP contribution in [0.1, 0.15) is 19.8 Å². The molecule has 0 aromatic rings. The van der Waals surface area contributed by atoms with E-state index in [9.17, 15) is 4.79 Å². The van der Waals surface area contributed by atoms with E-state index < -0.39 is 5.97 Å². The number of nitrogens with zero attached hydrogens (tertiary/aromatic N) is 1.